The molecule has 1 atom stereocenters. The third kappa shape index (κ3) is 5.14. The molecule has 0 spiro atoms. The summed E-state index contributed by atoms with van der Waals surface area (Å²) in [7, 11) is 2.14. The van der Waals surface area contributed by atoms with E-state index in [1.807, 2.05) is 12.1 Å². The van der Waals surface area contributed by atoms with Crippen molar-refractivity contribution >= 4 is 6.03 Å². The van der Waals surface area contributed by atoms with Crippen LogP contribution in [0, 0.1) is 0 Å². The number of hydrogen-bond donors (Lipinski definition) is 1. The Morgan fingerprint density at radius 1 is 1.04 bits per heavy atom. The molecule has 0 radical (unpaired) electrons. The van der Waals surface area contributed by atoms with Crippen LogP contribution in [0.15, 0.2) is 60.7 Å². The van der Waals surface area contributed by atoms with Gasteiger partial charge in [-0.2, -0.15) is 0 Å². The molecule has 0 aliphatic carbocycles. The van der Waals surface area contributed by atoms with Crippen LogP contribution in [-0.2, 0) is 6.42 Å². The van der Waals surface area contributed by atoms with E-state index in [9.17, 15) is 4.79 Å². The molecule has 2 aromatic rings. The maximum Gasteiger partial charge on any atom is 0.318 e. The molecule has 3 rings (SSSR count). The molecule has 4 nitrogen and oxygen atoms in total. The Morgan fingerprint density at radius 2 is 1.68 bits per heavy atom. The summed E-state index contributed by atoms with van der Waals surface area (Å²) in [5.74, 6) is 0. The number of nitrogens with one attached hydrogen (secondary N) is 1. The lowest BCUT2D eigenvalue weighted by Gasteiger charge is -2.51. The van der Waals surface area contributed by atoms with E-state index in [2.05, 4.69) is 84.5 Å². The van der Waals surface area contributed by atoms with Crippen LogP contribution in [-0.4, -0.2) is 48.1 Å². The number of rotatable bonds is 6. The number of carbonyl (C=O) groups excluding carboxylic acids is 1. The van der Waals surface area contributed by atoms with Gasteiger partial charge in [-0.1, -0.05) is 60.7 Å². The number of unbranched alkanes of at least 4 members (excludes halogenated alkanes) is 1. The zero-order valence-corrected chi connectivity index (χ0v) is 17.4. The van der Waals surface area contributed by atoms with Crippen molar-refractivity contribution in [3.05, 3.63) is 71.8 Å². The minimum Gasteiger partial charge on any atom is -0.338 e. The van der Waals surface area contributed by atoms with Gasteiger partial charge in [0.1, 0.15) is 0 Å². The summed E-state index contributed by atoms with van der Waals surface area (Å²) in [5, 5.41) is 3.18. The first kappa shape index (κ1) is 20.4. The molecule has 0 saturated carbocycles. The topological polar surface area (TPSA) is 35.6 Å². The van der Waals surface area contributed by atoms with Crippen molar-refractivity contribution in [1.82, 2.24) is 15.1 Å². The Morgan fingerprint density at radius 3 is 2.36 bits per heavy atom. The first-order valence-corrected chi connectivity index (χ1v) is 10.3. The maximum absolute atomic E-state index is 13.1. The maximum atomic E-state index is 13.1. The summed E-state index contributed by atoms with van der Waals surface area (Å²) in [5.41, 5.74) is 2.33. The molecule has 4 heteroatoms. The molecule has 1 fully saturated rings. The summed E-state index contributed by atoms with van der Waals surface area (Å²) in [4.78, 5) is 17.5. The van der Waals surface area contributed by atoms with Crippen LogP contribution in [0.4, 0.5) is 4.79 Å². The Hall–Kier alpha value is -2.33. The third-order valence-electron chi connectivity index (χ3n) is 5.52. The average Bonchev–Trinajstić information content (AvgIpc) is 2.67. The SMILES string of the molecule is CN1CC(c2ccccc2)N(C(=O)NCCCCc2ccccc2)C(C)(C)C1. The largest absolute Gasteiger partial charge is 0.338 e. The van der Waals surface area contributed by atoms with Crippen LogP contribution in [0.2, 0.25) is 0 Å². The van der Waals surface area contributed by atoms with Gasteiger partial charge in [0, 0.05) is 19.6 Å². The Labute approximate surface area is 169 Å². The molecule has 150 valence electrons. The fourth-order valence-electron chi connectivity index (χ4n) is 4.33. The van der Waals surface area contributed by atoms with Gasteiger partial charge in [0.25, 0.3) is 0 Å². The Bertz CT molecular complexity index is 745. The molecule has 1 heterocycles. The highest BCUT2D eigenvalue weighted by atomic mass is 16.2. The van der Waals surface area contributed by atoms with Crippen molar-refractivity contribution < 1.29 is 4.79 Å². The molecular weight excluding hydrogens is 346 g/mol. The number of piperazine rings is 1. The van der Waals surface area contributed by atoms with Gasteiger partial charge in [-0.25, -0.2) is 4.79 Å². The van der Waals surface area contributed by atoms with E-state index in [-0.39, 0.29) is 17.6 Å². The van der Waals surface area contributed by atoms with Crippen molar-refractivity contribution in [3.8, 4) is 0 Å². The molecule has 1 unspecified atom stereocenters. The second kappa shape index (κ2) is 9.24. The summed E-state index contributed by atoms with van der Waals surface area (Å²) < 4.78 is 0. The van der Waals surface area contributed by atoms with E-state index in [1.54, 1.807) is 0 Å². The smallest absolute Gasteiger partial charge is 0.318 e. The number of hydrogen-bond acceptors (Lipinski definition) is 2. The number of urea groups is 1. The second-order valence-corrected chi connectivity index (χ2v) is 8.48. The fourth-order valence-corrected chi connectivity index (χ4v) is 4.33. The van der Waals surface area contributed by atoms with E-state index < -0.39 is 0 Å². The fraction of sp³-hybridized carbons (Fsp3) is 0.458. The molecule has 0 bridgehead atoms. The molecule has 1 aliphatic rings. The highest BCUT2D eigenvalue weighted by Gasteiger charge is 2.42. The normalized spacial score (nSPS) is 19.4. The van der Waals surface area contributed by atoms with E-state index >= 15 is 0 Å². The predicted octanol–water partition coefficient (Wildman–Crippen LogP) is 4.49. The Balaban J connectivity index is 1.59. The highest BCUT2D eigenvalue weighted by molar-refractivity contribution is 5.76. The number of carbonyl (C=O) groups is 1. The standard InChI is InChI=1S/C24H33N3O/c1-24(2)19-26(3)18-22(21-15-8-5-9-16-21)27(24)23(28)25-17-11-10-14-20-12-6-4-7-13-20/h4-9,12-13,15-16,22H,10-11,14,17-19H2,1-3H3,(H,25,28). The second-order valence-electron chi connectivity index (χ2n) is 8.48. The minimum atomic E-state index is -0.221. The van der Waals surface area contributed by atoms with E-state index in [1.165, 1.54) is 11.1 Å². The van der Waals surface area contributed by atoms with Crippen molar-refractivity contribution in [2.75, 3.05) is 26.7 Å². The molecule has 2 aromatic carbocycles. The van der Waals surface area contributed by atoms with Crippen LogP contribution < -0.4 is 5.32 Å². The Kier molecular flexibility index (Phi) is 6.74. The van der Waals surface area contributed by atoms with Gasteiger partial charge >= 0.3 is 6.03 Å². The predicted molar refractivity (Wildman–Crippen MR) is 115 cm³/mol. The first-order valence-electron chi connectivity index (χ1n) is 10.3. The number of aryl methyl sites for hydroxylation is 1. The van der Waals surface area contributed by atoms with E-state index in [4.69, 9.17) is 0 Å². The average molecular weight is 380 g/mol. The molecule has 1 N–H and O–H groups in total. The van der Waals surface area contributed by atoms with Gasteiger partial charge in [-0.3, -0.25) is 0 Å². The van der Waals surface area contributed by atoms with Crippen molar-refractivity contribution in [2.45, 2.75) is 44.7 Å². The number of nitrogens with zero attached hydrogens (tertiary/aromatic N) is 2. The van der Waals surface area contributed by atoms with Crippen LogP contribution in [0.25, 0.3) is 0 Å². The molecule has 28 heavy (non-hydrogen) atoms. The number of likely N-dealkylation sites (N-methyl/N-ethyl adjacent to an activating group) is 1. The van der Waals surface area contributed by atoms with Crippen molar-refractivity contribution in [3.63, 3.8) is 0 Å². The highest BCUT2D eigenvalue weighted by Crippen LogP contribution is 2.33. The number of amides is 2. The zero-order valence-electron chi connectivity index (χ0n) is 17.4. The zero-order chi connectivity index (χ0) is 20.0. The van der Waals surface area contributed by atoms with Crippen LogP contribution in [0.3, 0.4) is 0 Å². The quantitative estimate of drug-likeness (QED) is 0.751. The third-order valence-corrected chi connectivity index (χ3v) is 5.52. The van der Waals surface area contributed by atoms with Gasteiger partial charge in [0.2, 0.25) is 0 Å². The molecular formula is C24H33N3O. The van der Waals surface area contributed by atoms with Crippen molar-refractivity contribution in [1.29, 1.82) is 0 Å². The summed E-state index contributed by atoms with van der Waals surface area (Å²) in [6, 6.07) is 21.0. The molecule has 2 amide bonds. The summed E-state index contributed by atoms with van der Waals surface area (Å²) in [6.45, 7) is 6.77. The molecule has 0 aromatic heterocycles. The minimum absolute atomic E-state index is 0.0478. The van der Waals surface area contributed by atoms with E-state index in [0.717, 1.165) is 38.9 Å². The summed E-state index contributed by atoms with van der Waals surface area (Å²) in [6.07, 6.45) is 3.13. The van der Waals surface area contributed by atoms with E-state index in [0.29, 0.717) is 0 Å². The van der Waals surface area contributed by atoms with Crippen LogP contribution in [0.5, 0.6) is 0 Å². The lowest BCUT2D eigenvalue weighted by molar-refractivity contribution is 0.0151. The van der Waals surface area contributed by atoms with Gasteiger partial charge < -0.3 is 15.1 Å². The molecule has 1 aliphatic heterocycles. The first-order chi connectivity index (χ1) is 13.5. The van der Waals surface area contributed by atoms with Gasteiger partial charge in [0.15, 0.2) is 0 Å². The van der Waals surface area contributed by atoms with Crippen LogP contribution in [0.1, 0.15) is 43.9 Å². The lowest BCUT2D eigenvalue weighted by atomic mass is 9.92. The van der Waals surface area contributed by atoms with Crippen molar-refractivity contribution in [2.24, 2.45) is 0 Å². The molecule has 1 saturated heterocycles. The number of benzene rings is 2. The lowest BCUT2D eigenvalue weighted by Crippen LogP contribution is -2.63. The summed E-state index contributed by atoms with van der Waals surface area (Å²) >= 11 is 0. The monoisotopic (exact) mass is 379 g/mol. The van der Waals surface area contributed by atoms with Crippen LogP contribution >= 0.6 is 0 Å². The van der Waals surface area contributed by atoms with Gasteiger partial charge in [0.05, 0.1) is 11.6 Å². The van der Waals surface area contributed by atoms with Gasteiger partial charge in [-0.05, 0) is 51.3 Å². The van der Waals surface area contributed by atoms with Gasteiger partial charge in [-0.15, -0.1) is 0 Å².